The minimum Gasteiger partial charge on any atom is -0.392 e. The molecule has 0 radical (unpaired) electrons. The topological polar surface area (TPSA) is 20.2 Å². The molecule has 0 aromatic rings. The van der Waals surface area contributed by atoms with Crippen molar-refractivity contribution in [3.05, 3.63) is 12.7 Å². The van der Waals surface area contributed by atoms with Crippen LogP contribution in [0.15, 0.2) is 12.7 Å². The lowest BCUT2D eigenvalue weighted by Crippen LogP contribution is -2.36. The van der Waals surface area contributed by atoms with Crippen molar-refractivity contribution < 1.29 is 5.11 Å². The van der Waals surface area contributed by atoms with E-state index in [9.17, 15) is 5.11 Å². The van der Waals surface area contributed by atoms with Gasteiger partial charge >= 0.3 is 0 Å². The first kappa shape index (κ1) is 10.8. The molecule has 2 unspecified atom stereocenters. The lowest BCUT2D eigenvalue weighted by molar-refractivity contribution is 0.00731. The third-order valence-corrected chi connectivity index (χ3v) is 3.46. The Bertz CT molecular complexity index is 172. The lowest BCUT2D eigenvalue weighted by Gasteiger charge is -2.41. The molecule has 0 aliphatic heterocycles. The molecule has 2 atom stereocenters. The van der Waals surface area contributed by atoms with Gasteiger partial charge < -0.3 is 5.11 Å². The molecule has 1 fully saturated rings. The van der Waals surface area contributed by atoms with Gasteiger partial charge in [0.25, 0.3) is 0 Å². The van der Waals surface area contributed by atoms with Crippen LogP contribution in [0.4, 0.5) is 0 Å². The van der Waals surface area contributed by atoms with E-state index in [0.29, 0.717) is 11.3 Å². The normalized spacial score (nSPS) is 29.6. The van der Waals surface area contributed by atoms with E-state index < -0.39 is 0 Å². The van der Waals surface area contributed by atoms with Crippen molar-refractivity contribution in [3.8, 4) is 0 Å². The first-order valence-corrected chi connectivity index (χ1v) is 5.37. The van der Waals surface area contributed by atoms with E-state index in [2.05, 4.69) is 20.4 Å². The SMILES string of the molecule is C=CCC(O)C1CCCCC1(C)C. The third kappa shape index (κ3) is 2.57. The Morgan fingerprint density at radius 1 is 1.54 bits per heavy atom. The molecule has 1 aliphatic carbocycles. The van der Waals surface area contributed by atoms with Gasteiger partial charge in [0.1, 0.15) is 0 Å². The minimum atomic E-state index is -0.173. The van der Waals surface area contributed by atoms with Crippen molar-refractivity contribution in [2.45, 2.75) is 52.1 Å². The van der Waals surface area contributed by atoms with Gasteiger partial charge in [0.2, 0.25) is 0 Å². The van der Waals surface area contributed by atoms with E-state index >= 15 is 0 Å². The van der Waals surface area contributed by atoms with Crippen LogP contribution < -0.4 is 0 Å². The van der Waals surface area contributed by atoms with Crippen molar-refractivity contribution in [1.82, 2.24) is 0 Å². The maximum atomic E-state index is 9.94. The van der Waals surface area contributed by atoms with Crippen molar-refractivity contribution in [2.24, 2.45) is 11.3 Å². The van der Waals surface area contributed by atoms with Crippen LogP contribution in [0.3, 0.4) is 0 Å². The number of aliphatic hydroxyl groups excluding tert-OH is 1. The summed E-state index contributed by atoms with van der Waals surface area (Å²) in [5, 5.41) is 9.94. The molecule has 1 saturated carbocycles. The van der Waals surface area contributed by atoms with Crippen molar-refractivity contribution >= 4 is 0 Å². The fraction of sp³-hybridized carbons (Fsp3) is 0.833. The van der Waals surface area contributed by atoms with Crippen molar-refractivity contribution in [2.75, 3.05) is 0 Å². The molecule has 1 aliphatic rings. The predicted molar refractivity (Wildman–Crippen MR) is 56.6 cm³/mol. The van der Waals surface area contributed by atoms with Gasteiger partial charge in [-0.15, -0.1) is 6.58 Å². The molecule has 76 valence electrons. The predicted octanol–water partition coefficient (Wildman–Crippen LogP) is 3.14. The summed E-state index contributed by atoms with van der Waals surface area (Å²) in [6.45, 7) is 8.25. The molecule has 0 saturated heterocycles. The molecule has 13 heavy (non-hydrogen) atoms. The fourth-order valence-corrected chi connectivity index (χ4v) is 2.57. The molecule has 0 spiro atoms. The van der Waals surface area contributed by atoms with Crippen LogP contribution in [0, 0.1) is 11.3 Å². The summed E-state index contributed by atoms with van der Waals surface area (Å²) < 4.78 is 0. The van der Waals surface area contributed by atoms with Crippen LogP contribution in [-0.4, -0.2) is 11.2 Å². The lowest BCUT2D eigenvalue weighted by atomic mass is 9.66. The molecular formula is C12H22O. The van der Waals surface area contributed by atoms with Gasteiger partial charge in [0.15, 0.2) is 0 Å². The van der Waals surface area contributed by atoms with E-state index in [0.717, 1.165) is 6.42 Å². The zero-order valence-corrected chi connectivity index (χ0v) is 8.92. The summed E-state index contributed by atoms with van der Waals surface area (Å²) in [6.07, 6.45) is 7.44. The molecule has 1 heteroatoms. The second kappa shape index (κ2) is 4.28. The number of aliphatic hydroxyl groups is 1. The Morgan fingerprint density at radius 2 is 2.23 bits per heavy atom. The zero-order chi connectivity index (χ0) is 9.90. The molecule has 0 aromatic heterocycles. The van der Waals surface area contributed by atoms with Gasteiger partial charge in [-0.25, -0.2) is 0 Å². The fourth-order valence-electron chi connectivity index (χ4n) is 2.57. The molecular weight excluding hydrogens is 160 g/mol. The van der Waals surface area contributed by atoms with Gasteiger partial charge in [-0.1, -0.05) is 32.8 Å². The van der Waals surface area contributed by atoms with Gasteiger partial charge in [0, 0.05) is 0 Å². The summed E-state index contributed by atoms with van der Waals surface area (Å²) in [6, 6.07) is 0. The maximum Gasteiger partial charge on any atom is 0.0607 e. The second-order valence-corrected chi connectivity index (χ2v) is 4.93. The van der Waals surface area contributed by atoms with Gasteiger partial charge in [-0.2, -0.15) is 0 Å². The number of rotatable bonds is 3. The summed E-state index contributed by atoms with van der Waals surface area (Å²) in [7, 11) is 0. The molecule has 1 N–H and O–H groups in total. The van der Waals surface area contributed by atoms with Crippen LogP contribution in [0.2, 0.25) is 0 Å². The first-order chi connectivity index (χ1) is 6.08. The van der Waals surface area contributed by atoms with Crippen molar-refractivity contribution in [3.63, 3.8) is 0 Å². The highest BCUT2D eigenvalue weighted by Gasteiger charge is 2.35. The number of hydrogen-bond acceptors (Lipinski definition) is 1. The summed E-state index contributed by atoms with van der Waals surface area (Å²) >= 11 is 0. The van der Waals surface area contributed by atoms with Crippen LogP contribution in [0.25, 0.3) is 0 Å². The monoisotopic (exact) mass is 182 g/mol. The molecule has 0 heterocycles. The van der Waals surface area contributed by atoms with E-state index in [1.54, 1.807) is 0 Å². The molecule has 0 aromatic carbocycles. The molecule has 1 nitrogen and oxygen atoms in total. The minimum absolute atomic E-state index is 0.173. The largest absolute Gasteiger partial charge is 0.392 e. The Labute approximate surface area is 81.9 Å². The van der Waals surface area contributed by atoms with E-state index in [4.69, 9.17) is 0 Å². The van der Waals surface area contributed by atoms with Gasteiger partial charge in [-0.05, 0) is 30.6 Å². The van der Waals surface area contributed by atoms with Crippen LogP contribution in [0.1, 0.15) is 46.0 Å². The Hall–Kier alpha value is -0.300. The average molecular weight is 182 g/mol. The summed E-state index contributed by atoms with van der Waals surface area (Å²) in [5.41, 5.74) is 0.320. The highest BCUT2D eigenvalue weighted by atomic mass is 16.3. The zero-order valence-electron chi connectivity index (χ0n) is 8.92. The quantitative estimate of drug-likeness (QED) is 0.665. The van der Waals surface area contributed by atoms with Crippen LogP contribution in [-0.2, 0) is 0 Å². The molecule has 0 bridgehead atoms. The average Bonchev–Trinajstić information content (AvgIpc) is 2.03. The third-order valence-electron chi connectivity index (χ3n) is 3.46. The highest BCUT2D eigenvalue weighted by molar-refractivity contribution is 4.89. The Kier molecular flexibility index (Phi) is 3.55. The summed E-state index contributed by atoms with van der Waals surface area (Å²) in [5.74, 6) is 0.472. The van der Waals surface area contributed by atoms with E-state index in [-0.39, 0.29) is 6.10 Å². The standard InChI is InChI=1S/C12H22O/c1-4-7-11(13)10-8-5-6-9-12(10,2)3/h4,10-11,13H,1,5-9H2,2-3H3. The number of hydrogen-bond donors (Lipinski definition) is 1. The van der Waals surface area contributed by atoms with E-state index in [1.165, 1.54) is 25.7 Å². The highest BCUT2D eigenvalue weighted by Crippen LogP contribution is 2.42. The Morgan fingerprint density at radius 3 is 2.77 bits per heavy atom. The molecule has 0 amide bonds. The van der Waals surface area contributed by atoms with Crippen molar-refractivity contribution in [1.29, 1.82) is 0 Å². The first-order valence-electron chi connectivity index (χ1n) is 5.37. The van der Waals surface area contributed by atoms with Crippen LogP contribution >= 0.6 is 0 Å². The van der Waals surface area contributed by atoms with E-state index in [1.807, 2.05) is 6.08 Å². The Balaban J connectivity index is 2.59. The smallest absolute Gasteiger partial charge is 0.0607 e. The maximum absolute atomic E-state index is 9.94. The van der Waals surface area contributed by atoms with Gasteiger partial charge in [0.05, 0.1) is 6.10 Å². The second-order valence-electron chi connectivity index (χ2n) is 4.93. The molecule has 1 rings (SSSR count). The summed E-state index contributed by atoms with van der Waals surface area (Å²) in [4.78, 5) is 0. The van der Waals surface area contributed by atoms with Gasteiger partial charge in [-0.3, -0.25) is 0 Å². The van der Waals surface area contributed by atoms with Crippen LogP contribution in [0.5, 0.6) is 0 Å².